The van der Waals surface area contributed by atoms with E-state index in [1.807, 2.05) is 0 Å². The minimum absolute atomic E-state index is 0.0619. The molecule has 0 aromatic carbocycles. The summed E-state index contributed by atoms with van der Waals surface area (Å²) in [6, 6.07) is 1.02. The van der Waals surface area contributed by atoms with Crippen molar-refractivity contribution in [3.05, 3.63) is 0 Å². The molecule has 1 saturated heterocycles. The van der Waals surface area contributed by atoms with Gasteiger partial charge in [0.05, 0.1) is 0 Å². The fourth-order valence-electron chi connectivity index (χ4n) is 5.80. The van der Waals surface area contributed by atoms with Crippen LogP contribution in [0.5, 0.6) is 0 Å². The van der Waals surface area contributed by atoms with Crippen molar-refractivity contribution >= 4 is 0 Å². The molecule has 1 rings (SSSR count). The van der Waals surface area contributed by atoms with Gasteiger partial charge in [0.15, 0.2) is 0 Å². The van der Waals surface area contributed by atoms with Gasteiger partial charge in [0, 0.05) is 34.1 Å². The number of hydrogen-bond donors (Lipinski definition) is 0. The minimum atomic E-state index is 0.0619. The summed E-state index contributed by atoms with van der Waals surface area (Å²) in [4.78, 5) is 5.53. The highest BCUT2D eigenvalue weighted by Gasteiger charge is 2.63. The Morgan fingerprint density at radius 1 is 0.640 bits per heavy atom. The molecule has 1 fully saturated rings. The smallest absolute Gasteiger partial charge is 0.0227 e. The van der Waals surface area contributed by atoms with Crippen LogP contribution in [0.1, 0.15) is 96.9 Å². The van der Waals surface area contributed by atoms with E-state index < -0.39 is 0 Å². The summed E-state index contributed by atoms with van der Waals surface area (Å²) in [5.74, 6) is 0.598. The Morgan fingerprint density at radius 2 is 1.04 bits per heavy atom. The van der Waals surface area contributed by atoms with E-state index in [0.717, 1.165) is 0 Å². The van der Waals surface area contributed by atoms with Gasteiger partial charge in [0.2, 0.25) is 0 Å². The molecule has 2 heteroatoms. The first-order chi connectivity index (χ1) is 10.8. The van der Waals surface area contributed by atoms with Gasteiger partial charge >= 0.3 is 0 Å². The molecule has 0 saturated carbocycles. The van der Waals surface area contributed by atoms with E-state index in [2.05, 4.69) is 114 Å². The van der Waals surface area contributed by atoms with Gasteiger partial charge in [0.1, 0.15) is 0 Å². The van der Waals surface area contributed by atoms with Crippen LogP contribution in [0, 0.1) is 16.7 Å². The van der Waals surface area contributed by atoms with Crippen molar-refractivity contribution in [3.8, 4) is 0 Å². The summed E-state index contributed by atoms with van der Waals surface area (Å²) < 4.78 is 0. The second kappa shape index (κ2) is 6.23. The quantitative estimate of drug-likeness (QED) is 0.596. The van der Waals surface area contributed by atoms with Crippen molar-refractivity contribution in [3.63, 3.8) is 0 Å². The van der Waals surface area contributed by atoms with Crippen molar-refractivity contribution in [2.24, 2.45) is 16.7 Å². The summed E-state index contributed by atoms with van der Waals surface area (Å²) in [7, 11) is 2.35. The van der Waals surface area contributed by atoms with Gasteiger partial charge in [-0.25, -0.2) is 0 Å². The third-order valence-electron chi connectivity index (χ3n) is 9.19. The second-order valence-electron chi connectivity index (χ2n) is 11.8. The standard InChI is InChI=1S/C23H48N2/c1-16(2)18-19(5,6)21(9,10)24(15)22(11,12)20(7,8)23(13,14)25(18)17(3)4/h16-18H,1-15H3. The Morgan fingerprint density at radius 3 is 1.36 bits per heavy atom. The van der Waals surface area contributed by atoms with E-state index in [1.165, 1.54) is 0 Å². The molecule has 1 aliphatic heterocycles. The molecule has 0 N–H and O–H groups in total. The van der Waals surface area contributed by atoms with Crippen LogP contribution in [0.3, 0.4) is 0 Å². The molecule has 1 aliphatic rings. The Hall–Kier alpha value is -0.0800. The SMILES string of the molecule is CC(C)C1N(C(C)C)C(C)(C)C(C)(C)C(C)(C)N(C)C(C)(C)C1(C)C. The zero-order valence-electron chi connectivity index (χ0n) is 20.1. The molecular formula is C23H48N2. The first-order valence-electron chi connectivity index (χ1n) is 10.3. The molecule has 0 spiro atoms. The molecule has 150 valence electrons. The molecule has 0 aliphatic carbocycles. The summed E-state index contributed by atoms with van der Waals surface area (Å²) in [6.45, 7) is 34.3. The average molecular weight is 353 g/mol. The Balaban J connectivity index is 3.92. The normalized spacial score (nSPS) is 31.8. The van der Waals surface area contributed by atoms with Gasteiger partial charge in [-0.1, -0.05) is 41.5 Å². The van der Waals surface area contributed by atoms with Crippen molar-refractivity contribution < 1.29 is 0 Å². The number of hydrogen-bond acceptors (Lipinski definition) is 2. The lowest BCUT2D eigenvalue weighted by molar-refractivity contribution is -0.211. The van der Waals surface area contributed by atoms with E-state index in [4.69, 9.17) is 0 Å². The van der Waals surface area contributed by atoms with Gasteiger partial charge in [0.25, 0.3) is 0 Å². The number of rotatable bonds is 2. The van der Waals surface area contributed by atoms with Crippen LogP contribution < -0.4 is 0 Å². The van der Waals surface area contributed by atoms with Crippen LogP contribution in [0.2, 0.25) is 0 Å². The molecule has 0 amide bonds. The van der Waals surface area contributed by atoms with Crippen LogP contribution in [0.25, 0.3) is 0 Å². The summed E-state index contributed by atoms with van der Waals surface area (Å²) in [5, 5.41) is 0. The fraction of sp³-hybridized carbons (Fsp3) is 1.00. The van der Waals surface area contributed by atoms with Crippen molar-refractivity contribution in [2.45, 2.75) is 126 Å². The first kappa shape index (κ1) is 23.0. The molecule has 25 heavy (non-hydrogen) atoms. The van der Waals surface area contributed by atoms with Gasteiger partial charge in [-0.15, -0.1) is 0 Å². The second-order valence-corrected chi connectivity index (χ2v) is 11.8. The van der Waals surface area contributed by atoms with E-state index >= 15 is 0 Å². The summed E-state index contributed by atoms with van der Waals surface area (Å²) >= 11 is 0. The average Bonchev–Trinajstić information content (AvgIpc) is 2.40. The maximum Gasteiger partial charge on any atom is 0.0227 e. The maximum atomic E-state index is 2.86. The maximum absolute atomic E-state index is 2.86. The largest absolute Gasteiger partial charge is 0.295 e. The van der Waals surface area contributed by atoms with Crippen LogP contribution in [0.15, 0.2) is 0 Å². The minimum Gasteiger partial charge on any atom is -0.295 e. The summed E-state index contributed by atoms with van der Waals surface area (Å²) in [6.07, 6.45) is 0. The zero-order valence-corrected chi connectivity index (χ0v) is 20.1. The third-order valence-corrected chi connectivity index (χ3v) is 9.19. The molecule has 1 unspecified atom stereocenters. The lowest BCUT2D eigenvalue weighted by Gasteiger charge is -2.71. The topological polar surface area (TPSA) is 6.48 Å². The molecular weight excluding hydrogens is 304 g/mol. The van der Waals surface area contributed by atoms with E-state index in [-0.39, 0.29) is 27.4 Å². The highest BCUT2D eigenvalue weighted by molar-refractivity contribution is 5.17. The van der Waals surface area contributed by atoms with E-state index in [9.17, 15) is 0 Å². The highest BCUT2D eigenvalue weighted by Crippen LogP contribution is 2.57. The molecule has 0 bridgehead atoms. The van der Waals surface area contributed by atoms with E-state index in [0.29, 0.717) is 18.0 Å². The van der Waals surface area contributed by atoms with Crippen molar-refractivity contribution in [1.29, 1.82) is 0 Å². The Kier molecular flexibility index (Phi) is 5.72. The van der Waals surface area contributed by atoms with Crippen molar-refractivity contribution in [1.82, 2.24) is 9.80 Å². The van der Waals surface area contributed by atoms with Gasteiger partial charge in [-0.05, 0) is 73.8 Å². The predicted molar refractivity (Wildman–Crippen MR) is 113 cm³/mol. The van der Waals surface area contributed by atoms with Gasteiger partial charge < -0.3 is 0 Å². The monoisotopic (exact) mass is 352 g/mol. The first-order valence-corrected chi connectivity index (χ1v) is 10.3. The molecule has 0 aromatic heterocycles. The fourth-order valence-corrected chi connectivity index (χ4v) is 5.80. The zero-order chi connectivity index (χ0) is 20.4. The van der Waals surface area contributed by atoms with Gasteiger partial charge in [-0.3, -0.25) is 9.80 Å². The molecule has 2 nitrogen and oxygen atoms in total. The van der Waals surface area contributed by atoms with Crippen LogP contribution >= 0.6 is 0 Å². The third kappa shape index (κ3) is 2.90. The number of nitrogens with zero attached hydrogens (tertiary/aromatic N) is 2. The molecule has 1 atom stereocenters. The molecule has 1 heterocycles. The Bertz CT molecular complexity index is 480. The Labute approximate surface area is 159 Å². The summed E-state index contributed by atoms with van der Waals surface area (Å²) in [5.41, 5.74) is 0.464. The van der Waals surface area contributed by atoms with Crippen LogP contribution in [-0.4, -0.2) is 45.5 Å². The molecule has 0 aromatic rings. The van der Waals surface area contributed by atoms with Gasteiger partial charge in [-0.2, -0.15) is 0 Å². The van der Waals surface area contributed by atoms with Crippen molar-refractivity contribution in [2.75, 3.05) is 7.05 Å². The van der Waals surface area contributed by atoms with Crippen LogP contribution in [-0.2, 0) is 0 Å². The lowest BCUT2D eigenvalue weighted by Crippen LogP contribution is -2.78. The van der Waals surface area contributed by atoms with E-state index in [1.54, 1.807) is 0 Å². The predicted octanol–water partition coefficient (Wildman–Crippen LogP) is 6.06. The lowest BCUT2D eigenvalue weighted by atomic mass is 9.54. The van der Waals surface area contributed by atoms with Crippen LogP contribution in [0.4, 0.5) is 0 Å². The highest BCUT2D eigenvalue weighted by atomic mass is 15.3. The molecule has 0 radical (unpaired) electrons.